The van der Waals surface area contributed by atoms with Gasteiger partial charge in [-0.05, 0) is 51.7 Å². The third kappa shape index (κ3) is 5.58. The molecular formula is C17H24FN3O4. The highest BCUT2D eigenvalue weighted by molar-refractivity contribution is 5.68. The molecule has 2 rings (SSSR count). The lowest BCUT2D eigenvalue weighted by Gasteiger charge is -2.34. The topological polar surface area (TPSA) is 84.7 Å². The first kappa shape index (κ1) is 19.0. The van der Waals surface area contributed by atoms with Crippen molar-refractivity contribution in [2.24, 2.45) is 5.92 Å². The minimum absolute atomic E-state index is 0.199. The van der Waals surface area contributed by atoms with Crippen LogP contribution in [0.5, 0.6) is 0 Å². The van der Waals surface area contributed by atoms with E-state index in [0.717, 1.165) is 18.9 Å². The molecule has 0 saturated carbocycles. The van der Waals surface area contributed by atoms with Crippen LogP contribution in [0.3, 0.4) is 0 Å². The van der Waals surface area contributed by atoms with Gasteiger partial charge in [0.1, 0.15) is 5.60 Å². The summed E-state index contributed by atoms with van der Waals surface area (Å²) in [5.74, 6) is -0.658. The average molecular weight is 353 g/mol. The summed E-state index contributed by atoms with van der Waals surface area (Å²) >= 11 is 0. The van der Waals surface area contributed by atoms with Crippen molar-refractivity contribution < 1.29 is 18.8 Å². The number of hydrogen-bond acceptors (Lipinski definition) is 5. The Labute approximate surface area is 146 Å². The van der Waals surface area contributed by atoms with E-state index in [1.165, 1.54) is 12.1 Å². The van der Waals surface area contributed by atoms with E-state index in [9.17, 15) is 19.3 Å². The molecule has 0 aromatic heterocycles. The number of likely N-dealkylation sites (tertiary alicyclic amines) is 1. The van der Waals surface area contributed by atoms with Gasteiger partial charge >= 0.3 is 11.8 Å². The number of hydrogen-bond donors (Lipinski definition) is 1. The summed E-state index contributed by atoms with van der Waals surface area (Å²) in [7, 11) is 0. The van der Waals surface area contributed by atoms with E-state index in [0.29, 0.717) is 25.3 Å². The van der Waals surface area contributed by atoms with Gasteiger partial charge in [0, 0.05) is 31.4 Å². The molecule has 0 radical (unpaired) electrons. The van der Waals surface area contributed by atoms with Crippen LogP contribution in [0.25, 0.3) is 0 Å². The molecule has 7 nitrogen and oxygen atoms in total. The monoisotopic (exact) mass is 353 g/mol. The smallest absolute Gasteiger partial charge is 0.410 e. The zero-order valence-electron chi connectivity index (χ0n) is 14.8. The van der Waals surface area contributed by atoms with Crippen molar-refractivity contribution in [3.63, 3.8) is 0 Å². The maximum Gasteiger partial charge on any atom is 0.410 e. The zero-order chi connectivity index (χ0) is 18.6. The van der Waals surface area contributed by atoms with Crippen LogP contribution in [0.2, 0.25) is 0 Å². The van der Waals surface area contributed by atoms with Crippen molar-refractivity contribution >= 4 is 17.5 Å². The molecule has 1 heterocycles. The number of anilines is 1. The van der Waals surface area contributed by atoms with Gasteiger partial charge in [0.15, 0.2) is 0 Å². The van der Waals surface area contributed by atoms with Crippen LogP contribution in [0.15, 0.2) is 18.2 Å². The van der Waals surface area contributed by atoms with Gasteiger partial charge in [-0.1, -0.05) is 0 Å². The van der Waals surface area contributed by atoms with E-state index >= 15 is 0 Å². The van der Waals surface area contributed by atoms with Crippen molar-refractivity contribution in [3.05, 3.63) is 34.1 Å². The first-order chi connectivity index (χ1) is 11.7. The van der Waals surface area contributed by atoms with E-state index in [1.54, 1.807) is 4.90 Å². The van der Waals surface area contributed by atoms with Crippen LogP contribution < -0.4 is 5.32 Å². The van der Waals surface area contributed by atoms with Crippen molar-refractivity contribution in [2.75, 3.05) is 25.0 Å². The fourth-order valence-corrected chi connectivity index (χ4v) is 2.75. The molecule has 0 bridgehead atoms. The van der Waals surface area contributed by atoms with E-state index < -0.39 is 22.0 Å². The van der Waals surface area contributed by atoms with Crippen LogP contribution in [0, 0.1) is 21.8 Å². The number of nitro benzene ring substituents is 1. The maximum absolute atomic E-state index is 13.4. The maximum atomic E-state index is 13.4. The SMILES string of the molecule is CC(C)(C)OC(=O)N1CCCC(CNc2ccc(F)c([N+](=O)[O-])c2)C1. The van der Waals surface area contributed by atoms with E-state index in [1.807, 2.05) is 20.8 Å². The van der Waals surface area contributed by atoms with Crippen molar-refractivity contribution in [3.8, 4) is 0 Å². The van der Waals surface area contributed by atoms with Gasteiger partial charge in [-0.3, -0.25) is 10.1 Å². The molecule has 1 atom stereocenters. The van der Waals surface area contributed by atoms with Gasteiger partial charge in [0.05, 0.1) is 4.92 Å². The molecule has 1 aliphatic heterocycles. The lowest BCUT2D eigenvalue weighted by molar-refractivity contribution is -0.387. The molecule has 1 amide bonds. The number of nitrogens with zero attached hydrogens (tertiary/aromatic N) is 2. The first-order valence-electron chi connectivity index (χ1n) is 8.31. The predicted molar refractivity (Wildman–Crippen MR) is 92.1 cm³/mol. The number of carbonyl (C=O) groups excluding carboxylic acids is 1. The number of halogens is 1. The minimum Gasteiger partial charge on any atom is -0.444 e. The Balaban J connectivity index is 1.92. The fourth-order valence-electron chi connectivity index (χ4n) is 2.75. The number of nitro groups is 1. The van der Waals surface area contributed by atoms with Gasteiger partial charge in [-0.15, -0.1) is 0 Å². The molecule has 0 spiro atoms. The van der Waals surface area contributed by atoms with Crippen LogP contribution in [0.1, 0.15) is 33.6 Å². The molecule has 1 aromatic rings. The second-order valence-electron chi connectivity index (χ2n) is 7.24. The number of benzene rings is 1. The third-order valence-corrected chi connectivity index (χ3v) is 3.91. The third-order valence-electron chi connectivity index (χ3n) is 3.91. The Kier molecular flexibility index (Phi) is 5.81. The van der Waals surface area contributed by atoms with Crippen LogP contribution >= 0.6 is 0 Å². The molecule has 1 fully saturated rings. The highest BCUT2D eigenvalue weighted by Crippen LogP contribution is 2.23. The number of rotatable bonds is 4. The number of ether oxygens (including phenoxy) is 1. The molecule has 1 saturated heterocycles. The molecule has 1 aliphatic rings. The molecule has 25 heavy (non-hydrogen) atoms. The number of carbonyl (C=O) groups is 1. The van der Waals surface area contributed by atoms with Crippen LogP contribution in [-0.4, -0.2) is 41.2 Å². The Hall–Kier alpha value is -2.38. The summed E-state index contributed by atoms with van der Waals surface area (Å²) in [4.78, 5) is 23.9. The lowest BCUT2D eigenvalue weighted by Crippen LogP contribution is -2.44. The molecule has 138 valence electrons. The molecule has 8 heteroatoms. The molecule has 1 aromatic carbocycles. The van der Waals surface area contributed by atoms with Crippen molar-refractivity contribution in [1.82, 2.24) is 4.90 Å². The minimum atomic E-state index is -0.857. The molecule has 0 aliphatic carbocycles. The summed E-state index contributed by atoms with van der Waals surface area (Å²) < 4.78 is 18.8. The van der Waals surface area contributed by atoms with Crippen LogP contribution in [0.4, 0.5) is 20.6 Å². The largest absolute Gasteiger partial charge is 0.444 e. The molecule has 1 unspecified atom stereocenters. The Morgan fingerprint density at radius 1 is 1.48 bits per heavy atom. The van der Waals surface area contributed by atoms with Gasteiger partial charge < -0.3 is 15.0 Å². The number of piperidine rings is 1. The summed E-state index contributed by atoms with van der Waals surface area (Å²) in [6.07, 6.45) is 1.49. The van der Waals surface area contributed by atoms with E-state index in [2.05, 4.69) is 5.32 Å². The van der Waals surface area contributed by atoms with E-state index in [-0.39, 0.29) is 12.0 Å². The zero-order valence-corrected chi connectivity index (χ0v) is 14.8. The Morgan fingerprint density at radius 2 is 2.20 bits per heavy atom. The quantitative estimate of drug-likeness (QED) is 0.657. The predicted octanol–water partition coefficient (Wildman–Crippen LogP) is 3.79. The first-order valence-corrected chi connectivity index (χ1v) is 8.31. The van der Waals surface area contributed by atoms with Gasteiger partial charge in [-0.2, -0.15) is 4.39 Å². The second kappa shape index (κ2) is 7.67. The van der Waals surface area contributed by atoms with Gasteiger partial charge in [0.25, 0.3) is 0 Å². The number of nitrogens with one attached hydrogen (secondary N) is 1. The fraction of sp³-hybridized carbons (Fsp3) is 0.588. The van der Waals surface area contributed by atoms with E-state index in [4.69, 9.17) is 4.74 Å². The summed E-state index contributed by atoms with van der Waals surface area (Å²) in [6, 6.07) is 3.73. The highest BCUT2D eigenvalue weighted by Gasteiger charge is 2.27. The normalized spacial score (nSPS) is 17.9. The van der Waals surface area contributed by atoms with Crippen LogP contribution in [-0.2, 0) is 4.74 Å². The Bertz CT molecular complexity index is 645. The summed E-state index contributed by atoms with van der Waals surface area (Å²) in [5, 5.41) is 13.9. The van der Waals surface area contributed by atoms with Crippen molar-refractivity contribution in [1.29, 1.82) is 0 Å². The molecular weight excluding hydrogens is 329 g/mol. The lowest BCUT2D eigenvalue weighted by atomic mass is 9.98. The van der Waals surface area contributed by atoms with Gasteiger partial charge in [-0.25, -0.2) is 4.79 Å². The number of amides is 1. The average Bonchev–Trinajstić information content (AvgIpc) is 2.52. The standard InChI is InChI=1S/C17H24FN3O4/c1-17(2,3)25-16(22)20-8-4-5-12(11-20)10-19-13-6-7-14(18)15(9-13)21(23)24/h6-7,9,12,19H,4-5,8,10-11H2,1-3H3. The van der Waals surface area contributed by atoms with Crippen molar-refractivity contribution in [2.45, 2.75) is 39.2 Å². The summed E-state index contributed by atoms with van der Waals surface area (Å²) in [6.45, 7) is 7.25. The van der Waals surface area contributed by atoms with Gasteiger partial charge in [0.2, 0.25) is 5.82 Å². The second-order valence-corrected chi connectivity index (χ2v) is 7.24. The highest BCUT2D eigenvalue weighted by atomic mass is 19.1. The summed E-state index contributed by atoms with van der Waals surface area (Å²) in [5.41, 5.74) is -0.596. The Morgan fingerprint density at radius 3 is 2.84 bits per heavy atom. The molecule has 1 N–H and O–H groups in total.